The van der Waals surface area contributed by atoms with Gasteiger partial charge < -0.3 is 15.7 Å². The van der Waals surface area contributed by atoms with Crippen molar-refractivity contribution < 1.29 is 9.90 Å². The minimum absolute atomic E-state index is 0.0244. The molecule has 0 spiro atoms. The second-order valence-corrected chi connectivity index (χ2v) is 5.91. The first kappa shape index (κ1) is 14.5. The second-order valence-electron chi connectivity index (χ2n) is 5.91. The normalized spacial score (nSPS) is 24.9. The third kappa shape index (κ3) is 4.64. The van der Waals surface area contributed by atoms with Crippen LogP contribution in [-0.2, 0) is 4.79 Å². The fraction of sp³-hybridized carbons (Fsp3) is 0.923. The van der Waals surface area contributed by atoms with Gasteiger partial charge in [0.1, 0.15) is 0 Å². The van der Waals surface area contributed by atoms with Gasteiger partial charge in [-0.05, 0) is 37.1 Å². The van der Waals surface area contributed by atoms with Crippen molar-refractivity contribution in [3.63, 3.8) is 0 Å². The summed E-state index contributed by atoms with van der Waals surface area (Å²) in [6.07, 6.45) is 2.80. The number of amides is 1. The quantitative estimate of drug-likeness (QED) is 0.648. The van der Waals surface area contributed by atoms with Crippen molar-refractivity contribution in [2.75, 3.05) is 19.7 Å². The lowest BCUT2D eigenvalue weighted by Gasteiger charge is -2.26. The van der Waals surface area contributed by atoms with Crippen LogP contribution in [0.5, 0.6) is 0 Å². The number of hydrogen-bond acceptors (Lipinski definition) is 3. The van der Waals surface area contributed by atoms with Crippen molar-refractivity contribution in [3.05, 3.63) is 0 Å². The third-order valence-electron chi connectivity index (χ3n) is 3.57. The van der Waals surface area contributed by atoms with E-state index in [9.17, 15) is 4.79 Å². The van der Waals surface area contributed by atoms with Gasteiger partial charge in [0.05, 0.1) is 6.04 Å². The van der Waals surface area contributed by atoms with Gasteiger partial charge in [0, 0.05) is 13.2 Å². The van der Waals surface area contributed by atoms with E-state index in [1.807, 2.05) is 0 Å². The van der Waals surface area contributed by atoms with E-state index >= 15 is 0 Å². The number of hydrogen-bond donors (Lipinski definition) is 3. The van der Waals surface area contributed by atoms with Crippen molar-refractivity contribution >= 4 is 5.91 Å². The van der Waals surface area contributed by atoms with Gasteiger partial charge in [-0.25, -0.2) is 0 Å². The van der Waals surface area contributed by atoms with Crippen molar-refractivity contribution in [1.82, 2.24) is 10.6 Å². The van der Waals surface area contributed by atoms with Crippen molar-refractivity contribution in [3.8, 4) is 0 Å². The first-order chi connectivity index (χ1) is 7.96. The van der Waals surface area contributed by atoms with Gasteiger partial charge in [-0.1, -0.05) is 20.8 Å². The van der Waals surface area contributed by atoms with Crippen LogP contribution in [-0.4, -0.2) is 36.8 Å². The predicted molar refractivity (Wildman–Crippen MR) is 68.7 cm³/mol. The molecule has 2 unspecified atom stereocenters. The molecule has 0 radical (unpaired) electrons. The Morgan fingerprint density at radius 1 is 1.53 bits per heavy atom. The molecule has 0 aromatic heterocycles. The van der Waals surface area contributed by atoms with Gasteiger partial charge in [-0.3, -0.25) is 4.79 Å². The Bertz CT molecular complexity index is 254. The van der Waals surface area contributed by atoms with E-state index < -0.39 is 0 Å². The van der Waals surface area contributed by atoms with Gasteiger partial charge in [0.2, 0.25) is 5.91 Å². The van der Waals surface area contributed by atoms with Crippen LogP contribution in [0.1, 0.15) is 40.0 Å². The summed E-state index contributed by atoms with van der Waals surface area (Å²) >= 11 is 0. The van der Waals surface area contributed by atoms with Crippen molar-refractivity contribution in [2.45, 2.75) is 46.1 Å². The first-order valence-corrected chi connectivity index (χ1v) is 6.58. The zero-order valence-electron chi connectivity index (χ0n) is 11.3. The molecule has 1 saturated heterocycles. The number of nitrogens with one attached hydrogen (secondary N) is 2. The molecule has 0 saturated carbocycles. The van der Waals surface area contributed by atoms with Crippen LogP contribution >= 0.6 is 0 Å². The average molecular weight is 242 g/mol. The van der Waals surface area contributed by atoms with Crippen LogP contribution < -0.4 is 10.6 Å². The van der Waals surface area contributed by atoms with E-state index in [2.05, 4.69) is 31.4 Å². The summed E-state index contributed by atoms with van der Waals surface area (Å²) in [5.41, 5.74) is 0.0558. The van der Waals surface area contributed by atoms with Crippen LogP contribution in [0.2, 0.25) is 0 Å². The monoisotopic (exact) mass is 242 g/mol. The molecule has 1 rings (SSSR count). The molecule has 3 N–H and O–H groups in total. The first-order valence-electron chi connectivity index (χ1n) is 6.58. The molecule has 1 aliphatic rings. The van der Waals surface area contributed by atoms with Gasteiger partial charge in [0.25, 0.3) is 0 Å². The highest BCUT2D eigenvalue weighted by Crippen LogP contribution is 2.21. The lowest BCUT2D eigenvalue weighted by atomic mass is 9.87. The fourth-order valence-electron chi connectivity index (χ4n) is 2.27. The molecule has 17 heavy (non-hydrogen) atoms. The van der Waals surface area contributed by atoms with E-state index in [0.29, 0.717) is 12.5 Å². The van der Waals surface area contributed by atoms with Gasteiger partial charge >= 0.3 is 0 Å². The summed E-state index contributed by atoms with van der Waals surface area (Å²) in [4.78, 5) is 12.0. The topological polar surface area (TPSA) is 61.4 Å². The van der Waals surface area contributed by atoms with Crippen molar-refractivity contribution in [1.29, 1.82) is 0 Å². The molecule has 2 atom stereocenters. The zero-order chi connectivity index (χ0) is 12.9. The Morgan fingerprint density at radius 3 is 2.76 bits per heavy atom. The third-order valence-corrected chi connectivity index (χ3v) is 3.57. The maximum absolute atomic E-state index is 12.0. The van der Waals surface area contributed by atoms with Crippen LogP contribution in [0.4, 0.5) is 0 Å². The lowest BCUT2D eigenvalue weighted by Crippen LogP contribution is -2.46. The molecule has 0 aromatic carbocycles. The van der Waals surface area contributed by atoms with Crippen molar-refractivity contribution in [2.24, 2.45) is 11.3 Å². The molecule has 0 aliphatic carbocycles. The number of carbonyl (C=O) groups is 1. The molecule has 1 fully saturated rings. The average Bonchev–Trinajstić information content (AvgIpc) is 2.70. The lowest BCUT2D eigenvalue weighted by molar-refractivity contribution is -0.124. The van der Waals surface area contributed by atoms with Crippen LogP contribution in [0, 0.1) is 11.3 Å². The molecule has 0 aromatic rings. The second kappa shape index (κ2) is 6.36. The SMILES string of the molecule is CC1CCNC1C(=O)NCC(C)(C)CCCO. The Kier molecular flexibility index (Phi) is 5.40. The van der Waals surface area contributed by atoms with E-state index in [4.69, 9.17) is 5.11 Å². The molecule has 4 nitrogen and oxygen atoms in total. The maximum atomic E-state index is 12.0. The minimum atomic E-state index is -0.0244. The molecular weight excluding hydrogens is 216 g/mol. The summed E-state index contributed by atoms with van der Waals surface area (Å²) in [5, 5.41) is 15.1. The predicted octanol–water partition coefficient (Wildman–Crippen LogP) is 0.899. The molecule has 1 aliphatic heterocycles. The highest BCUT2D eigenvalue weighted by molar-refractivity contribution is 5.82. The Hall–Kier alpha value is -0.610. The van der Waals surface area contributed by atoms with Gasteiger partial charge in [-0.2, -0.15) is 0 Å². The summed E-state index contributed by atoms with van der Waals surface area (Å²) in [6.45, 7) is 8.19. The Labute approximate surface area is 104 Å². The molecule has 0 bridgehead atoms. The number of aliphatic hydroxyl groups is 1. The van der Waals surface area contributed by atoms with E-state index in [0.717, 1.165) is 25.8 Å². The zero-order valence-corrected chi connectivity index (χ0v) is 11.3. The standard InChI is InChI=1S/C13H26N2O2/c1-10-5-7-14-11(10)12(17)15-9-13(2,3)6-4-8-16/h10-11,14,16H,4-9H2,1-3H3,(H,15,17). The summed E-state index contributed by atoms with van der Waals surface area (Å²) in [5.74, 6) is 0.544. The molecule has 1 amide bonds. The van der Waals surface area contributed by atoms with Crippen LogP contribution in [0.3, 0.4) is 0 Å². The molecular formula is C13H26N2O2. The highest BCUT2D eigenvalue weighted by atomic mass is 16.2. The van der Waals surface area contributed by atoms with Crippen LogP contribution in [0.25, 0.3) is 0 Å². The van der Waals surface area contributed by atoms with Crippen LogP contribution in [0.15, 0.2) is 0 Å². The Balaban J connectivity index is 2.31. The van der Waals surface area contributed by atoms with Gasteiger partial charge in [-0.15, -0.1) is 0 Å². The van der Waals surface area contributed by atoms with Gasteiger partial charge in [0.15, 0.2) is 0 Å². The fourth-order valence-corrected chi connectivity index (χ4v) is 2.27. The van der Waals surface area contributed by atoms with E-state index in [1.54, 1.807) is 0 Å². The molecule has 4 heteroatoms. The summed E-state index contributed by atoms with van der Waals surface area (Å²) in [7, 11) is 0. The number of aliphatic hydroxyl groups excluding tert-OH is 1. The summed E-state index contributed by atoms with van der Waals surface area (Å²) < 4.78 is 0. The molecule has 1 heterocycles. The smallest absolute Gasteiger partial charge is 0.237 e. The highest BCUT2D eigenvalue weighted by Gasteiger charge is 2.30. The summed E-state index contributed by atoms with van der Waals surface area (Å²) in [6, 6.07) is -0.0244. The number of carbonyl (C=O) groups excluding carboxylic acids is 1. The molecule has 100 valence electrons. The largest absolute Gasteiger partial charge is 0.396 e. The Morgan fingerprint density at radius 2 is 2.24 bits per heavy atom. The van der Waals surface area contributed by atoms with E-state index in [-0.39, 0.29) is 24.0 Å². The minimum Gasteiger partial charge on any atom is -0.396 e. The maximum Gasteiger partial charge on any atom is 0.237 e. The van der Waals surface area contributed by atoms with E-state index in [1.165, 1.54) is 0 Å². The number of rotatable bonds is 6.